The van der Waals surface area contributed by atoms with Crippen LogP contribution in [0.15, 0.2) is 36.4 Å². The molecule has 0 radical (unpaired) electrons. The molecule has 0 atom stereocenters. The van der Waals surface area contributed by atoms with Crippen molar-refractivity contribution in [3.63, 3.8) is 0 Å². The van der Waals surface area contributed by atoms with Crippen LogP contribution in [0.1, 0.15) is 77.6 Å². The molecule has 0 unspecified atom stereocenters. The van der Waals surface area contributed by atoms with Crippen molar-refractivity contribution in [2.75, 3.05) is 41.3 Å². The van der Waals surface area contributed by atoms with Gasteiger partial charge in [0, 0.05) is 31.7 Å². The molecule has 1 N–H and O–H groups in total. The topological polar surface area (TPSA) is 80.3 Å². The fourth-order valence-corrected chi connectivity index (χ4v) is 3.87. The average Bonchev–Trinajstić information content (AvgIpc) is 3.53. The summed E-state index contributed by atoms with van der Waals surface area (Å²) < 4.78 is 39.5. The predicted molar refractivity (Wildman–Crippen MR) is 180 cm³/mol. The highest BCUT2D eigenvalue weighted by atomic mass is 35.5. The molecular weight excluding hydrogens is 604 g/mol. The summed E-state index contributed by atoms with van der Waals surface area (Å²) in [5.74, 6) is -0.0995. The summed E-state index contributed by atoms with van der Waals surface area (Å²) in [6.45, 7) is 13.8. The number of likely N-dealkylation sites (N-methyl/N-ethyl adjacent to an activating group) is 2. The molecule has 4 rings (SSSR count). The molecule has 0 saturated carbocycles. The molecule has 258 valence electrons. The SMILES string of the molecule is C.CC(C)(C)OC(=O)OC(=O)OC(C)(C)C.CN(C)CCN(C)C.Cl.Fc1cccc2c1CCC2.Fc1cccc2c1CNC2. The Labute approximate surface area is 276 Å². The van der Waals surface area contributed by atoms with E-state index in [2.05, 4.69) is 48.0 Å². The van der Waals surface area contributed by atoms with E-state index >= 15 is 0 Å². The van der Waals surface area contributed by atoms with E-state index in [-0.39, 0.29) is 31.5 Å². The predicted octanol–water partition coefficient (Wildman–Crippen LogP) is 7.78. The Kier molecular flexibility index (Phi) is 20.8. The van der Waals surface area contributed by atoms with Gasteiger partial charge >= 0.3 is 12.3 Å². The van der Waals surface area contributed by atoms with Gasteiger partial charge in [0.2, 0.25) is 0 Å². The monoisotopic (exact) mass is 659 g/mol. The molecule has 0 amide bonds. The van der Waals surface area contributed by atoms with Crippen LogP contribution in [0.25, 0.3) is 0 Å². The summed E-state index contributed by atoms with van der Waals surface area (Å²) in [7, 11) is 8.35. The van der Waals surface area contributed by atoms with Gasteiger partial charge in [0.1, 0.15) is 22.8 Å². The van der Waals surface area contributed by atoms with E-state index in [0.717, 1.165) is 55.6 Å². The molecule has 2 aromatic carbocycles. The number of halogens is 3. The second-order valence-electron chi connectivity index (χ2n) is 12.8. The molecule has 0 bridgehead atoms. The standard InChI is InChI=1S/C10H18O5.C9H9F.C8H8FN.C6H16N2.CH4.ClH/c1-9(2,3)14-7(11)13-8(12)15-10(4,5)6;10-9-6-2-4-7-3-1-5-8(7)9;9-8-3-1-2-6-4-10-5-7(6)8;1-7(2)5-6-8(3)4;;/h1-6H3;2,4,6H,1,3,5H2;1-3,10H,4-5H2;5-6H2,1-4H3;1H4;1H. The van der Waals surface area contributed by atoms with Gasteiger partial charge in [0.15, 0.2) is 0 Å². The molecule has 0 fully saturated rings. The van der Waals surface area contributed by atoms with Crippen molar-refractivity contribution in [1.29, 1.82) is 0 Å². The first-order chi connectivity index (χ1) is 19.9. The molecule has 45 heavy (non-hydrogen) atoms. The zero-order chi connectivity index (χ0) is 32.8. The van der Waals surface area contributed by atoms with Crippen molar-refractivity contribution in [3.8, 4) is 0 Å². The number of benzene rings is 2. The molecule has 1 heterocycles. The lowest BCUT2D eigenvalue weighted by atomic mass is 10.1. The van der Waals surface area contributed by atoms with E-state index < -0.39 is 23.5 Å². The minimum absolute atomic E-state index is 0. The van der Waals surface area contributed by atoms with Crippen LogP contribution >= 0.6 is 12.4 Å². The van der Waals surface area contributed by atoms with Crippen LogP contribution in [0.4, 0.5) is 18.4 Å². The number of fused-ring (bicyclic) bond motifs is 2. The third kappa shape index (κ3) is 20.1. The van der Waals surface area contributed by atoms with Gasteiger partial charge in [-0.3, -0.25) is 0 Å². The molecule has 0 aromatic heterocycles. The maximum Gasteiger partial charge on any atom is 0.519 e. The number of nitrogens with one attached hydrogen (secondary N) is 1. The molecular formula is C34H56ClF2N3O5. The maximum atomic E-state index is 12.9. The van der Waals surface area contributed by atoms with Gasteiger partial charge in [-0.25, -0.2) is 18.4 Å². The minimum atomic E-state index is -1.06. The van der Waals surface area contributed by atoms with Gasteiger partial charge in [-0.1, -0.05) is 31.7 Å². The maximum absolute atomic E-state index is 12.9. The Balaban J connectivity index is 0. The lowest BCUT2D eigenvalue weighted by Crippen LogP contribution is -2.29. The van der Waals surface area contributed by atoms with Crippen LogP contribution in [0, 0.1) is 11.6 Å². The number of carbonyl (C=O) groups is 2. The number of aryl methyl sites for hydroxylation is 1. The summed E-state index contributed by atoms with van der Waals surface area (Å²) in [5, 5.41) is 3.09. The van der Waals surface area contributed by atoms with Crippen LogP contribution < -0.4 is 5.32 Å². The molecule has 2 aromatic rings. The first-order valence-electron chi connectivity index (χ1n) is 14.5. The number of hydrogen-bond donors (Lipinski definition) is 1. The summed E-state index contributed by atoms with van der Waals surface area (Å²) >= 11 is 0. The molecule has 0 spiro atoms. The smallest absolute Gasteiger partial charge is 0.428 e. The summed E-state index contributed by atoms with van der Waals surface area (Å²) in [6.07, 6.45) is 0.999. The Bertz CT molecular complexity index is 1080. The van der Waals surface area contributed by atoms with Gasteiger partial charge < -0.3 is 29.3 Å². The summed E-state index contributed by atoms with van der Waals surface area (Å²) in [6, 6.07) is 10.6. The van der Waals surface area contributed by atoms with Gasteiger partial charge in [0.25, 0.3) is 0 Å². The van der Waals surface area contributed by atoms with Crippen LogP contribution in [0.3, 0.4) is 0 Å². The molecule has 11 heteroatoms. The quantitative estimate of drug-likeness (QED) is 0.264. The molecule has 1 aliphatic carbocycles. The Morgan fingerprint density at radius 2 is 1.18 bits per heavy atom. The van der Waals surface area contributed by atoms with Gasteiger partial charge in [-0.15, -0.1) is 12.4 Å². The third-order valence-corrected chi connectivity index (χ3v) is 5.86. The Morgan fingerprint density at radius 3 is 1.58 bits per heavy atom. The Morgan fingerprint density at radius 1 is 0.733 bits per heavy atom. The lowest BCUT2D eigenvalue weighted by Gasteiger charge is -2.20. The van der Waals surface area contributed by atoms with Crippen molar-refractivity contribution < 1.29 is 32.6 Å². The first-order valence-corrected chi connectivity index (χ1v) is 14.5. The van der Waals surface area contributed by atoms with Crippen molar-refractivity contribution >= 4 is 24.7 Å². The molecule has 1 aliphatic heterocycles. The van der Waals surface area contributed by atoms with E-state index in [1.54, 1.807) is 59.7 Å². The largest absolute Gasteiger partial charge is 0.519 e. The van der Waals surface area contributed by atoms with Gasteiger partial charge in [0.05, 0.1) is 0 Å². The van der Waals surface area contributed by atoms with Crippen LogP contribution in [-0.4, -0.2) is 74.6 Å². The zero-order valence-corrected chi connectivity index (χ0v) is 28.8. The average molecular weight is 660 g/mol. The second kappa shape index (κ2) is 21.1. The van der Waals surface area contributed by atoms with Crippen molar-refractivity contribution in [2.45, 2.75) is 92.5 Å². The van der Waals surface area contributed by atoms with E-state index in [4.69, 9.17) is 9.47 Å². The third-order valence-electron chi connectivity index (χ3n) is 5.86. The molecule has 8 nitrogen and oxygen atoms in total. The number of rotatable bonds is 3. The fraction of sp³-hybridized carbons (Fsp3) is 0.588. The second-order valence-corrected chi connectivity index (χ2v) is 12.8. The van der Waals surface area contributed by atoms with E-state index in [1.165, 1.54) is 11.6 Å². The van der Waals surface area contributed by atoms with Crippen LogP contribution in [0.5, 0.6) is 0 Å². The fourth-order valence-electron chi connectivity index (χ4n) is 3.87. The van der Waals surface area contributed by atoms with Gasteiger partial charge in [-0.2, -0.15) is 0 Å². The Hall–Kier alpha value is -2.79. The normalized spacial score (nSPS) is 12.8. The number of nitrogens with zero attached hydrogens (tertiary/aromatic N) is 2. The van der Waals surface area contributed by atoms with Crippen LogP contribution in [-0.2, 0) is 40.1 Å². The van der Waals surface area contributed by atoms with Crippen molar-refractivity contribution in [2.24, 2.45) is 0 Å². The first kappa shape index (κ1) is 44.3. The number of ether oxygens (including phenoxy) is 3. The highest BCUT2D eigenvalue weighted by Crippen LogP contribution is 2.23. The lowest BCUT2D eigenvalue weighted by molar-refractivity contribution is -0.0293. The summed E-state index contributed by atoms with van der Waals surface area (Å²) in [5.41, 5.74) is 2.70. The molecule has 0 saturated heterocycles. The van der Waals surface area contributed by atoms with Crippen molar-refractivity contribution in [3.05, 3.63) is 70.3 Å². The van der Waals surface area contributed by atoms with Crippen molar-refractivity contribution in [1.82, 2.24) is 15.1 Å². The minimum Gasteiger partial charge on any atom is -0.428 e. The van der Waals surface area contributed by atoms with Gasteiger partial charge in [-0.05, 0) is 118 Å². The highest BCUT2D eigenvalue weighted by molar-refractivity contribution is 5.85. The van der Waals surface area contributed by atoms with E-state index in [1.807, 2.05) is 12.1 Å². The summed E-state index contributed by atoms with van der Waals surface area (Å²) in [4.78, 5) is 26.4. The van der Waals surface area contributed by atoms with E-state index in [9.17, 15) is 18.4 Å². The molecule has 2 aliphatic rings. The highest BCUT2D eigenvalue weighted by Gasteiger charge is 2.24. The van der Waals surface area contributed by atoms with Crippen LogP contribution in [0.2, 0.25) is 0 Å². The number of hydrogen-bond acceptors (Lipinski definition) is 8. The number of carbonyl (C=O) groups excluding carboxylic acids is 2. The zero-order valence-electron chi connectivity index (χ0n) is 28.0. The van der Waals surface area contributed by atoms with E-state index in [0.29, 0.717) is 6.54 Å².